The van der Waals surface area contributed by atoms with Gasteiger partial charge in [-0.25, -0.2) is 0 Å². The predicted octanol–water partition coefficient (Wildman–Crippen LogP) is 1.91. The van der Waals surface area contributed by atoms with Gasteiger partial charge >= 0.3 is 0 Å². The Balaban J connectivity index is 2.84. The largest absolute Gasteiger partial charge is 0.444 e. The van der Waals surface area contributed by atoms with Gasteiger partial charge in [-0.2, -0.15) is 0 Å². The maximum atomic E-state index is 10.3. The number of nitrogens with zero attached hydrogens (tertiary/aromatic N) is 1. The first-order valence-corrected chi connectivity index (χ1v) is 6.75. The standard InChI is InChI=1S/C7H8NO4PS/c1-13(11,14)12-7-4-2-6(3-5-7)8(9)10/h2-5H,1H3,(H,11,14). The number of hydrogen-bond donors (Lipinski definition) is 1. The highest BCUT2D eigenvalue weighted by Gasteiger charge is 2.09. The Kier molecular flexibility index (Phi) is 3.21. The van der Waals surface area contributed by atoms with E-state index in [2.05, 4.69) is 11.8 Å². The molecule has 0 saturated carbocycles. The van der Waals surface area contributed by atoms with Crippen LogP contribution in [0.4, 0.5) is 5.69 Å². The lowest BCUT2D eigenvalue weighted by Crippen LogP contribution is -1.90. The van der Waals surface area contributed by atoms with Crippen LogP contribution in [0.15, 0.2) is 24.3 Å². The molecule has 0 radical (unpaired) electrons. The summed E-state index contributed by atoms with van der Waals surface area (Å²) in [6.45, 7) is -1.36. The highest BCUT2D eigenvalue weighted by molar-refractivity contribution is 8.09. The lowest BCUT2D eigenvalue weighted by molar-refractivity contribution is -0.384. The summed E-state index contributed by atoms with van der Waals surface area (Å²) in [7, 11) is 0. The second kappa shape index (κ2) is 4.04. The molecule has 0 fully saturated rings. The van der Waals surface area contributed by atoms with Crippen LogP contribution in [0.2, 0.25) is 0 Å². The Morgan fingerprint density at radius 2 is 2.00 bits per heavy atom. The van der Waals surface area contributed by atoms with E-state index in [1.165, 1.54) is 30.9 Å². The second-order valence-electron chi connectivity index (χ2n) is 2.65. The molecular formula is C7H8NO4PS. The monoisotopic (exact) mass is 233 g/mol. The third-order valence-corrected chi connectivity index (χ3v) is 2.10. The number of rotatable bonds is 3. The first-order chi connectivity index (χ1) is 6.38. The van der Waals surface area contributed by atoms with E-state index in [1.54, 1.807) is 0 Å². The number of non-ortho nitro benzene ring substituents is 1. The molecule has 0 amide bonds. The summed E-state index contributed by atoms with van der Waals surface area (Å²) in [5, 5.41) is 10.3. The maximum absolute atomic E-state index is 10.3. The van der Waals surface area contributed by atoms with E-state index in [0.717, 1.165) is 0 Å². The molecule has 0 bridgehead atoms. The zero-order valence-electron chi connectivity index (χ0n) is 7.28. The van der Waals surface area contributed by atoms with E-state index in [-0.39, 0.29) is 5.69 Å². The van der Waals surface area contributed by atoms with Gasteiger partial charge in [-0.3, -0.25) is 10.1 Å². The third-order valence-electron chi connectivity index (χ3n) is 1.32. The minimum Gasteiger partial charge on any atom is -0.444 e. The predicted molar refractivity (Wildman–Crippen MR) is 56.2 cm³/mol. The van der Waals surface area contributed by atoms with Crippen LogP contribution < -0.4 is 4.52 Å². The van der Waals surface area contributed by atoms with Crippen LogP contribution in [0, 0.1) is 10.1 Å². The Morgan fingerprint density at radius 1 is 1.50 bits per heavy atom. The van der Waals surface area contributed by atoms with Crippen LogP contribution in [-0.4, -0.2) is 16.5 Å². The fourth-order valence-corrected chi connectivity index (χ4v) is 1.60. The highest BCUT2D eigenvalue weighted by Crippen LogP contribution is 2.38. The van der Waals surface area contributed by atoms with Crippen LogP contribution in [0.1, 0.15) is 0 Å². The molecule has 1 unspecified atom stereocenters. The summed E-state index contributed by atoms with van der Waals surface area (Å²) in [5.74, 6) is 0.337. The zero-order valence-corrected chi connectivity index (χ0v) is 8.99. The van der Waals surface area contributed by atoms with Gasteiger partial charge in [-0.1, -0.05) is 0 Å². The van der Waals surface area contributed by atoms with Gasteiger partial charge < -0.3 is 9.42 Å². The van der Waals surface area contributed by atoms with E-state index in [9.17, 15) is 15.0 Å². The summed E-state index contributed by atoms with van der Waals surface area (Å²) in [6.07, 6.45) is 0. The average Bonchev–Trinajstić information content (AvgIpc) is 2.02. The molecule has 1 rings (SSSR count). The number of hydrogen-bond acceptors (Lipinski definition) is 4. The molecule has 0 aromatic heterocycles. The first kappa shape index (κ1) is 11.1. The minimum absolute atomic E-state index is 0.0281. The number of nitro groups is 1. The molecule has 0 aliphatic rings. The van der Waals surface area contributed by atoms with Crippen molar-refractivity contribution in [2.45, 2.75) is 0 Å². The molecule has 0 aliphatic heterocycles. The third kappa shape index (κ3) is 3.41. The van der Waals surface area contributed by atoms with Crippen LogP contribution in [0.5, 0.6) is 5.75 Å². The summed E-state index contributed by atoms with van der Waals surface area (Å²) >= 11 is 4.66. The van der Waals surface area contributed by atoms with Crippen molar-refractivity contribution in [1.82, 2.24) is 0 Å². The molecule has 1 aromatic carbocycles. The van der Waals surface area contributed by atoms with Crippen molar-refractivity contribution >= 4 is 24.0 Å². The van der Waals surface area contributed by atoms with E-state index >= 15 is 0 Å². The normalized spacial score (nSPS) is 14.4. The highest BCUT2D eigenvalue weighted by atomic mass is 32.5. The van der Waals surface area contributed by atoms with Gasteiger partial charge in [-0.15, -0.1) is 0 Å². The van der Waals surface area contributed by atoms with Crippen molar-refractivity contribution in [3.8, 4) is 5.75 Å². The summed E-state index contributed by atoms with van der Waals surface area (Å²) in [4.78, 5) is 19.0. The van der Waals surface area contributed by atoms with Gasteiger partial charge in [0, 0.05) is 18.8 Å². The Hall–Kier alpha value is -0.970. The summed E-state index contributed by atoms with van der Waals surface area (Å²) < 4.78 is 5.00. The fraction of sp³-hybridized carbons (Fsp3) is 0.143. The van der Waals surface area contributed by atoms with Gasteiger partial charge in [-0.05, 0) is 23.9 Å². The quantitative estimate of drug-likeness (QED) is 0.490. The van der Waals surface area contributed by atoms with Crippen molar-refractivity contribution in [1.29, 1.82) is 0 Å². The summed E-state index contributed by atoms with van der Waals surface area (Å²) in [5.41, 5.74) is -0.0281. The Morgan fingerprint density at radius 3 is 2.36 bits per heavy atom. The zero-order chi connectivity index (χ0) is 10.8. The van der Waals surface area contributed by atoms with E-state index < -0.39 is 11.4 Å². The molecular weight excluding hydrogens is 225 g/mol. The molecule has 0 spiro atoms. The number of nitro benzene ring substituents is 1. The van der Waals surface area contributed by atoms with Gasteiger partial charge in [0.2, 0.25) is 6.49 Å². The van der Waals surface area contributed by atoms with Crippen LogP contribution in [0.3, 0.4) is 0 Å². The van der Waals surface area contributed by atoms with Crippen molar-refractivity contribution in [3.63, 3.8) is 0 Å². The lowest BCUT2D eigenvalue weighted by atomic mass is 10.3. The summed E-state index contributed by atoms with van der Waals surface area (Å²) in [6, 6.07) is 5.39. The van der Waals surface area contributed by atoms with Gasteiger partial charge in [0.05, 0.1) is 4.92 Å². The molecule has 1 atom stereocenters. The molecule has 0 saturated heterocycles. The molecule has 1 N–H and O–H groups in total. The van der Waals surface area contributed by atoms with Gasteiger partial charge in [0.1, 0.15) is 5.75 Å². The van der Waals surface area contributed by atoms with Crippen molar-refractivity contribution in [3.05, 3.63) is 34.4 Å². The average molecular weight is 233 g/mol. The lowest BCUT2D eigenvalue weighted by Gasteiger charge is -2.10. The van der Waals surface area contributed by atoms with Crippen LogP contribution >= 0.6 is 6.49 Å². The van der Waals surface area contributed by atoms with Crippen molar-refractivity contribution in [2.24, 2.45) is 0 Å². The maximum Gasteiger partial charge on any atom is 0.269 e. The number of benzene rings is 1. The molecule has 76 valence electrons. The van der Waals surface area contributed by atoms with Crippen molar-refractivity contribution in [2.75, 3.05) is 6.66 Å². The second-order valence-corrected chi connectivity index (χ2v) is 6.47. The molecule has 0 heterocycles. The smallest absolute Gasteiger partial charge is 0.269 e. The topological polar surface area (TPSA) is 72.6 Å². The molecule has 0 aliphatic carbocycles. The SMILES string of the molecule is CP(O)(=S)Oc1ccc([N+](=O)[O-])cc1. The minimum atomic E-state index is -2.76. The fourth-order valence-electron chi connectivity index (χ4n) is 0.824. The van der Waals surface area contributed by atoms with Gasteiger partial charge in [0.25, 0.3) is 5.69 Å². The van der Waals surface area contributed by atoms with E-state index in [1.807, 2.05) is 0 Å². The molecule has 1 aromatic rings. The Bertz CT molecular complexity index is 385. The van der Waals surface area contributed by atoms with Gasteiger partial charge in [0.15, 0.2) is 0 Å². The van der Waals surface area contributed by atoms with E-state index in [0.29, 0.717) is 5.75 Å². The van der Waals surface area contributed by atoms with Crippen LogP contribution in [0.25, 0.3) is 0 Å². The van der Waals surface area contributed by atoms with Crippen molar-refractivity contribution < 1.29 is 14.3 Å². The Labute approximate surface area is 85.7 Å². The molecule has 5 nitrogen and oxygen atoms in total. The van der Waals surface area contributed by atoms with E-state index in [4.69, 9.17) is 4.52 Å². The molecule has 7 heteroatoms. The molecule has 14 heavy (non-hydrogen) atoms. The van der Waals surface area contributed by atoms with Crippen LogP contribution in [-0.2, 0) is 11.8 Å². The first-order valence-electron chi connectivity index (χ1n) is 3.63.